The van der Waals surface area contributed by atoms with E-state index in [2.05, 4.69) is 37.2 Å². The SMILES string of the molecule is Cc1c(C(=O)Nc2ccc(Br)cc2Br)oc2c(Cl)cccc12. The molecule has 0 fully saturated rings. The van der Waals surface area contributed by atoms with Crippen LogP contribution in [0.3, 0.4) is 0 Å². The van der Waals surface area contributed by atoms with E-state index in [0.717, 1.165) is 19.9 Å². The summed E-state index contributed by atoms with van der Waals surface area (Å²) in [5, 5.41) is 4.16. The van der Waals surface area contributed by atoms with Crippen LogP contribution in [-0.2, 0) is 0 Å². The molecule has 1 aromatic heterocycles. The number of halogens is 3. The lowest BCUT2D eigenvalue weighted by atomic mass is 10.1. The van der Waals surface area contributed by atoms with E-state index in [-0.39, 0.29) is 11.7 Å². The Bertz CT molecular complexity index is 889. The van der Waals surface area contributed by atoms with Gasteiger partial charge >= 0.3 is 0 Å². The van der Waals surface area contributed by atoms with Crippen LogP contribution in [0.25, 0.3) is 11.0 Å². The first-order valence-electron chi connectivity index (χ1n) is 6.41. The number of hydrogen-bond donors (Lipinski definition) is 1. The molecule has 0 bridgehead atoms. The Morgan fingerprint density at radius 1 is 1.23 bits per heavy atom. The molecular formula is C16H10Br2ClNO2. The molecule has 0 aliphatic carbocycles. The molecule has 0 spiro atoms. The predicted octanol–water partition coefficient (Wildman–Crippen LogP) is 6.17. The van der Waals surface area contributed by atoms with Crippen molar-refractivity contribution < 1.29 is 9.21 Å². The number of fused-ring (bicyclic) bond motifs is 1. The second-order valence-corrected chi connectivity index (χ2v) is 6.93. The van der Waals surface area contributed by atoms with Gasteiger partial charge in [-0.2, -0.15) is 0 Å². The van der Waals surface area contributed by atoms with Gasteiger partial charge in [-0.3, -0.25) is 4.79 Å². The summed E-state index contributed by atoms with van der Waals surface area (Å²) in [7, 11) is 0. The van der Waals surface area contributed by atoms with Crippen LogP contribution in [0.15, 0.2) is 49.8 Å². The summed E-state index contributed by atoms with van der Waals surface area (Å²) in [6.45, 7) is 1.84. The van der Waals surface area contributed by atoms with Gasteiger partial charge in [-0.05, 0) is 47.1 Å². The van der Waals surface area contributed by atoms with Gasteiger partial charge in [0.1, 0.15) is 0 Å². The number of nitrogens with one attached hydrogen (secondary N) is 1. The summed E-state index contributed by atoms with van der Waals surface area (Å²) < 4.78 is 7.36. The van der Waals surface area contributed by atoms with Crippen molar-refractivity contribution in [2.24, 2.45) is 0 Å². The Morgan fingerprint density at radius 3 is 2.68 bits per heavy atom. The summed E-state index contributed by atoms with van der Waals surface area (Å²) in [5.74, 6) is -0.0503. The standard InChI is InChI=1S/C16H10Br2ClNO2/c1-8-10-3-2-4-12(19)15(10)22-14(8)16(21)20-13-6-5-9(17)7-11(13)18/h2-7H,1H3,(H,20,21). The van der Waals surface area contributed by atoms with Gasteiger partial charge in [0.25, 0.3) is 5.91 Å². The minimum atomic E-state index is -0.312. The molecule has 3 rings (SSSR count). The molecule has 6 heteroatoms. The first kappa shape index (κ1) is 15.6. The van der Waals surface area contributed by atoms with Gasteiger partial charge in [-0.1, -0.05) is 39.7 Å². The molecule has 0 radical (unpaired) electrons. The van der Waals surface area contributed by atoms with Crippen LogP contribution in [-0.4, -0.2) is 5.91 Å². The zero-order chi connectivity index (χ0) is 15.9. The van der Waals surface area contributed by atoms with Crippen LogP contribution in [0.4, 0.5) is 5.69 Å². The van der Waals surface area contributed by atoms with Crippen LogP contribution in [0, 0.1) is 6.92 Å². The van der Waals surface area contributed by atoms with Crippen molar-refractivity contribution >= 4 is 66.0 Å². The van der Waals surface area contributed by atoms with Gasteiger partial charge in [0.15, 0.2) is 11.3 Å². The minimum Gasteiger partial charge on any atom is -0.449 e. The number of hydrogen-bond acceptors (Lipinski definition) is 2. The van der Waals surface area contributed by atoms with E-state index in [1.807, 2.05) is 31.2 Å². The molecule has 3 aromatic rings. The molecule has 112 valence electrons. The zero-order valence-electron chi connectivity index (χ0n) is 11.4. The van der Waals surface area contributed by atoms with Gasteiger partial charge in [0.05, 0.1) is 10.7 Å². The summed E-state index contributed by atoms with van der Waals surface area (Å²) in [6, 6.07) is 11.0. The molecule has 22 heavy (non-hydrogen) atoms. The molecule has 0 saturated heterocycles. The fourth-order valence-electron chi connectivity index (χ4n) is 2.20. The molecule has 0 saturated carbocycles. The van der Waals surface area contributed by atoms with Crippen molar-refractivity contribution in [2.75, 3.05) is 5.32 Å². The van der Waals surface area contributed by atoms with Crippen molar-refractivity contribution in [3.63, 3.8) is 0 Å². The molecule has 3 nitrogen and oxygen atoms in total. The van der Waals surface area contributed by atoms with Gasteiger partial charge in [0, 0.05) is 19.9 Å². The van der Waals surface area contributed by atoms with E-state index < -0.39 is 0 Å². The number of rotatable bonds is 2. The summed E-state index contributed by atoms with van der Waals surface area (Å²) in [4.78, 5) is 12.5. The highest BCUT2D eigenvalue weighted by molar-refractivity contribution is 9.11. The molecular weight excluding hydrogens is 433 g/mol. The fourth-order valence-corrected chi connectivity index (χ4v) is 3.55. The van der Waals surface area contributed by atoms with Gasteiger partial charge in [0.2, 0.25) is 0 Å². The normalized spacial score (nSPS) is 10.9. The van der Waals surface area contributed by atoms with Crippen molar-refractivity contribution in [1.82, 2.24) is 0 Å². The molecule has 2 aromatic carbocycles. The van der Waals surface area contributed by atoms with E-state index in [1.54, 1.807) is 12.1 Å². The maximum atomic E-state index is 12.5. The van der Waals surface area contributed by atoms with E-state index in [4.69, 9.17) is 16.0 Å². The first-order valence-corrected chi connectivity index (χ1v) is 8.38. The lowest BCUT2D eigenvalue weighted by Gasteiger charge is -2.06. The quantitative estimate of drug-likeness (QED) is 0.515. The van der Waals surface area contributed by atoms with Crippen LogP contribution >= 0.6 is 43.5 Å². The Kier molecular flexibility index (Phi) is 4.30. The third-order valence-electron chi connectivity index (χ3n) is 3.30. The molecule has 0 aliphatic rings. The maximum absolute atomic E-state index is 12.5. The summed E-state index contributed by atoms with van der Waals surface area (Å²) in [6.07, 6.45) is 0. The average molecular weight is 444 g/mol. The largest absolute Gasteiger partial charge is 0.449 e. The fraction of sp³-hybridized carbons (Fsp3) is 0.0625. The Labute approximate surface area is 148 Å². The predicted molar refractivity (Wildman–Crippen MR) is 95.8 cm³/mol. The molecule has 0 unspecified atom stereocenters. The molecule has 1 amide bonds. The maximum Gasteiger partial charge on any atom is 0.291 e. The van der Waals surface area contributed by atoms with Crippen LogP contribution < -0.4 is 5.32 Å². The van der Waals surface area contributed by atoms with E-state index >= 15 is 0 Å². The van der Waals surface area contributed by atoms with E-state index in [1.165, 1.54) is 0 Å². The number of anilines is 1. The Hall–Kier alpha value is -1.30. The monoisotopic (exact) mass is 441 g/mol. The number of amides is 1. The van der Waals surface area contributed by atoms with Gasteiger partial charge < -0.3 is 9.73 Å². The number of para-hydroxylation sites is 1. The number of aryl methyl sites for hydroxylation is 1. The highest BCUT2D eigenvalue weighted by Gasteiger charge is 2.19. The molecule has 1 N–H and O–H groups in total. The topological polar surface area (TPSA) is 42.2 Å². The van der Waals surface area contributed by atoms with Crippen molar-refractivity contribution in [1.29, 1.82) is 0 Å². The smallest absolute Gasteiger partial charge is 0.291 e. The zero-order valence-corrected chi connectivity index (χ0v) is 15.3. The van der Waals surface area contributed by atoms with Crippen LogP contribution in [0.2, 0.25) is 5.02 Å². The molecule has 0 aliphatic heterocycles. The second-order valence-electron chi connectivity index (χ2n) is 4.75. The van der Waals surface area contributed by atoms with Crippen LogP contribution in [0.5, 0.6) is 0 Å². The lowest BCUT2D eigenvalue weighted by Crippen LogP contribution is -2.12. The number of benzene rings is 2. The lowest BCUT2D eigenvalue weighted by molar-refractivity contribution is 0.0998. The Morgan fingerprint density at radius 2 is 2.00 bits per heavy atom. The third kappa shape index (κ3) is 2.81. The van der Waals surface area contributed by atoms with Crippen molar-refractivity contribution in [3.8, 4) is 0 Å². The summed E-state index contributed by atoms with van der Waals surface area (Å²) >= 11 is 12.9. The number of furan rings is 1. The van der Waals surface area contributed by atoms with E-state index in [9.17, 15) is 4.79 Å². The first-order chi connectivity index (χ1) is 10.5. The molecule has 1 heterocycles. The van der Waals surface area contributed by atoms with Crippen LogP contribution in [0.1, 0.15) is 16.1 Å². The second kappa shape index (κ2) is 6.07. The molecule has 0 atom stereocenters. The highest BCUT2D eigenvalue weighted by Crippen LogP contribution is 2.32. The number of carbonyl (C=O) groups excluding carboxylic acids is 1. The highest BCUT2D eigenvalue weighted by atomic mass is 79.9. The number of carbonyl (C=O) groups is 1. The summed E-state index contributed by atoms with van der Waals surface area (Å²) in [5.41, 5.74) is 1.96. The average Bonchev–Trinajstić information content (AvgIpc) is 2.81. The van der Waals surface area contributed by atoms with Gasteiger partial charge in [-0.25, -0.2) is 0 Å². The van der Waals surface area contributed by atoms with Crippen molar-refractivity contribution in [2.45, 2.75) is 6.92 Å². The third-order valence-corrected chi connectivity index (χ3v) is 4.75. The Balaban J connectivity index is 1.99. The van der Waals surface area contributed by atoms with E-state index in [0.29, 0.717) is 16.3 Å². The van der Waals surface area contributed by atoms with Gasteiger partial charge in [-0.15, -0.1) is 0 Å². The van der Waals surface area contributed by atoms with Crippen molar-refractivity contribution in [3.05, 3.63) is 61.7 Å². The minimum absolute atomic E-state index is 0.262.